The number of nitrogens with zero attached hydrogens (tertiary/aromatic N) is 1. The third-order valence-corrected chi connectivity index (χ3v) is 3.69. The van der Waals surface area contributed by atoms with Gasteiger partial charge in [0.1, 0.15) is 9.88 Å². The molecule has 0 amide bonds. The quantitative estimate of drug-likeness (QED) is 0.633. The van der Waals surface area contributed by atoms with Crippen LogP contribution in [0.1, 0.15) is 22.3 Å². The molecule has 94 valence electrons. The van der Waals surface area contributed by atoms with Crippen LogP contribution in [0.25, 0.3) is 10.6 Å². The Balaban J connectivity index is 2.38. The molecule has 1 aromatic heterocycles. The van der Waals surface area contributed by atoms with Crippen LogP contribution in [0.2, 0.25) is 0 Å². The van der Waals surface area contributed by atoms with Crippen molar-refractivity contribution in [3.8, 4) is 10.6 Å². The topological polar surface area (TPSA) is 39.2 Å². The van der Waals surface area contributed by atoms with Gasteiger partial charge in [-0.2, -0.15) is 0 Å². The Morgan fingerprint density at radius 2 is 2.11 bits per heavy atom. The minimum Gasteiger partial charge on any atom is -0.462 e. The number of halogens is 1. The summed E-state index contributed by atoms with van der Waals surface area (Å²) >= 11 is 7.13. The van der Waals surface area contributed by atoms with Gasteiger partial charge in [0.05, 0.1) is 18.2 Å². The SMILES string of the molecule is CCOC(=O)c1sc(-c2ccccc2)nc1CCl. The summed E-state index contributed by atoms with van der Waals surface area (Å²) in [4.78, 5) is 16.6. The maximum Gasteiger partial charge on any atom is 0.350 e. The van der Waals surface area contributed by atoms with Crippen molar-refractivity contribution in [2.24, 2.45) is 0 Å². The second-order valence-electron chi connectivity index (χ2n) is 3.51. The van der Waals surface area contributed by atoms with E-state index in [1.807, 2.05) is 30.3 Å². The highest BCUT2D eigenvalue weighted by atomic mass is 35.5. The molecule has 1 aromatic carbocycles. The van der Waals surface area contributed by atoms with Gasteiger partial charge in [-0.3, -0.25) is 0 Å². The van der Waals surface area contributed by atoms with E-state index in [-0.39, 0.29) is 11.8 Å². The van der Waals surface area contributed by atoms with Gasteiger partial charge in [0.2, 0.25) is 0 Å². The van der Waals surface area contributed by atoms with Crippen molar-refractivity contribution in [3.63, 3.8) is 0 Å². The highest BCUT2D eigenvalue weighted by Gasteiger charge is 2.19. The van der Waals surface area contributed by atoms with E-state index in [0.717, 1.165) is 10.6 Å². The molecule has 0 saturated heterocycles. The number of benzene rings is 1. The molecule has 0 unspecified atom stereocenters. The van der Waals surface area contributed by atoms with Gasteiger partial charge in [0, 0.05) is 5.56 Å². The fraction of sp³-hybridized carbons (Fsp3) is 0.231. The fourth-order valence-electron chi connectivity index (χ4n) is 1.50. The summed E-state index contributed by atoms with van der Waals surface area (Å²) in [6.45, 7) is 2.12. The zero-order chi connectivity index (χ0) is 13.0. The summed E-state index contributed by atoms with van der Waals surface area (Å²) in [5, 5.41) is 0.786. The summed E-state index contributed by atoms with van der Waals surface area (Å²) in [5.41, 5.74) is 1.56. The number of esters is 1. The van der Waals surface area contributed by atoms with E-state index in [9.17, 15) is 4.79 Å². The van der Waals surface area contributed by atoms with Crippen molar-refractivity contribution in [3.05, 3.63) is 40.9 Å². The molecule has 0 atom stereocenters. The average molecular weight is 282 g/mol. The number of aromatic nitrogens is 1. The van der Waals surface area contributed by atoms with Crippen LogP contribution in [0.15, 0.2) is 30.3 Å². The maximum atomic E-state index is 11.8. The number of carbonyl (C=O) groups excluding carboxylic acids is 1. The first-order valence-corrected chi connectivity index (χ1v) is 6.89. The number of ether oxygens (including phenoxy) is 1. The third kappa shape index (κ3) is 2.71. The molecule has 0 aliphatic carbocycles. The van der Waals surface area contributed by atoms with Gasteiger partial charge in [-0.1, -0.05) is 30.3 Å². The molecule has 2 aromatic rings. The number of carbonyl (C=O) groups is 1. The van der Waals surface area contributed by atoms with Gasteiger partial charge in [0.25, 0.3) is 0 Å². The van der Waals surface area contributed by atoms with Crippen molar-refractivity contribution >= 4 is 28.9 Å². The van der Waals surface area contributed by atoms with Crippen molar-refractivity contribution in [2.75, 3.05) is 6.61 Å². The summed E-state index contributed by atoms with van der Waals surface area (Å²) in [6.07, 6.45) is 0. The molecule has 0 N–H and O–H groups in total. The molecule has 3 nitrogen and oxygen atoms in total. The smallest absolute Gasteiger partial charge is 0.350 e. The van der Waals surface area contributed by atoms with E-state index < -0.39 is 0 Å². The average Bonchev–Trinajstić information content (AvgIpc) is 2.84. The van der Waals surface area contributed by atoms with Crippen LogP contribution < -0.4 is 0 Å². The van der Waals surface area contributed by atoms with Gasteiger partial charge < -0.3 is 4.74 Å². The predicted octanol–water partition coefficient (Wildman–Crippen LogP) is 3.73. The minimum atomic E-state index is -0.354. The molecule has 0 spiro atoms. The summed E-state index contributed by atoms with van der Waals surface area (Å²) < 4.78 is 4.99. The lowest BCUT2D eigenvalue weighted by Crippen LogP contribution is -2.04. The second-order valence-corrected chi connectivity index (χ2v) is 4.78. The first-order valence-electron chi connectivity index (χ1n) is 5.54. The van der Waals surface area contributed by atoms with E-state index in [4.69, 9.17) is 16.3 Å². The number of hydrogen-bond acceptors (Lipinski definition) is 4. The van der Waals surface area contributed by atoms with Crippen molar-refractivity contribution < 1.29 is 9.53 Å². The summed E-state index contributed by atoms with van der Waals surface area (Å²) in [7, 11) is 0. The lowest BCUT2D eigenvalue weighted by atomic mass is 10.2. The monoisotopic (exact) mass is 281 g/mol. The van der Waals surface area contributed by atoms with Crippen LogP contribution in [0.3, 0.4) is 0 Å². The van der Waals surface area contributed by atoms with Crippen LogP contribution in [0, 0.1) is 0 Å². The predicted molar refractivity (Wildman–Crippen MR) is 73.1 cm³/mol. The molecule has 0 aliphatic heterocycles. The zero-order valence-electron chi connectivity index (χ0n) is 9.85. The molecule has 0 radical (unpaired) electrons. The van der Waals surface area contributed by atoms with E-state index >= 15 is 0 Å². The Labute approximate surface area is 114 Å². The lowest BCUT2D eigenvalue weighted by Gasteiger charge is -1.98. The fourth-order valence-corrected chi connectivity index (χ4v) is 2.76. The van der Waals surface area contributed by atoms with Crippen LogP contribution in [-0.2, 0) is 10.6 Å². The number of thiazole rings is 1. The third-order valence-electron chi connectivity index (χ3n) is 2.31. The Bertz CT molecular complexity index is 539. The summed E-state index contributed by atoms with van der Waals surface area (Å²) in [5.74, 6) is -0.148. The first-order chi connectivity index (χ1) is 8.76. The largest absolute Gasteiger partial charge is 0.462 e. The van der Waals surface area contributed by atoms with Gasteiger partial charge in [-0.25, -0.2) is 9.78 Å². The second kappa shape index (κ2) is 5.98. The normalized spacial score (nSPS) is 10.3. The Kier molecular flexibility index (Phi) is 4.33. The van der Waals surface area contributed by atoms with Crippen LogP contribution >= 0.6 is 22.9 Å². The van der Waals surface area contributed by atoms with Gasteiger partial charge in [0.15, 0.2) is 0 Å². The highest BCUT2D eigenvalue weighted by molar-refractivity contribution is 7.17. The van der Waals surface area contributed by atoms with Gasteiger partial charge >= 0.3 is 5.97 Å². The molecule has 5 heteroatoms. The lowest BCUT2D eigenvalue weighted by molar-refractivity contribution is 0.0531. The number of rotatable bonds is 4. The van der Waals surface area contributed by atoms with Crippen LogP contribution in [0.5, 0.6) is 0 Å². The minimum absolute atomic E-state index is 0.206. The Morgan fingerprint density at radius 3 is 2.72 bits per heavy atom. The Hall–Kier alpha value is -1.39. The molecule has 18 heavy (non-hydrogen) atoms. The van der Waals surface area contributed by atoms with Crippen LogP contribution in [-0.4, -0.2) is 17.6 Å². The first kappa shape index (κ1) is 13.1. The van der Waals surface area contributed by atoms with Crippen molar-refractivity contribution in [1.29, 1.82) is 0 Å². The van der Waals surface area contributed by atoms with Gasteiger partial charge in [-0.15, -0.1) is 22.9 Å². The molecule has 0 aliphatic rings. The molecule has 1 heterocycles. The highest BCUT2D eigenvalue weighted by Crippen LogP contribution is 2.29. The van der Waals surface area contributed by atoms with Crippen LogP contribution in [0.4, 0.5) is 0 Å². The van der Waals surface area contributed by atoms with E-state index in [2.05, 4.69) is 4.98 Å². The molecule has 0 bridgehead atoms. The van der Waals surface area contributed by atoms with E-state index in [1.165, 1.54) is 11.3 Å². The number of hydrogen-bond donors (Lipinski definition) is 0. The Morgan fingerprint density at radius 1 is 1.39 bits per heavy atom. The standard InChI is InChI=1S/C13H12ClNO2S/c1-2-17-13(16)11-10(8-14)15-12(18-11)9-6-4-3-5-7-9/h3-7H,2,8H2,1H3. The van der Waals surface area contributed by atoms with Gasteiger partial charge in [-0.05, 0) is 6.92 Å². The number of alkyl halides is 1. The molecule has 0 fully saturated rings. The van der Waals surface area contributed by atoms with Crippen molar-refractivity contribution in [1.82, 2.24) is 4.98 Å². The molecular formula is C13H12ClNO2S. The summed E-state index contributed by atoms with van der Waals surface area (Å²) in [6, 6.07) is 9.70. The molecule has 2 rings (SSSR count). The zero-order valence-corrected chi connectivity index (χ0v) is 11.4. The van der Waals surface area contributed by atoms with E-state index in [1.54, 1.807) is 6.92 Å². The molecule has 0 saturated carbocycles. The molecular weight excluding hydrogens is 270 g/mol. The van der Waals surface area contributed by atoms with Crippen molar-refractivity contribution in [2.45, 2.75) is 12.8 Å². The van der Waals surface area contributed by atoms with E-state index in [0.29, 0.717) is 17.2 Å². The maximum absolute atomic E-state index is 11.8.